The van der Waals surface area contributed by atoms with Gasteiger partial charge in [0.1, 0.15) is 12.7 Å². The van der Waals surface area contributed by atoms with E-state index in [1.54, 1.807) is 12.7 Å². The second-order valence-corrected chi connectivity index (χ2v) is 3.59. The monoisotopic (exact) mass is 180 g/mol. The maximum Gasteiger partial charge on any atom is 0.137 e. The summed E-state index contributed by atoms with van der Waals surface area (Å²) in [7, 11) is 0. The minimum atomic E-state index is 0.753. The quantitative estimate of drug-likeness (QED) is 0.745. The van der Waals surface area contributed by atoms with Crippen molar-refractivity contribution in [2.75, 3.05) is 6.54 Å². The summed E-state index contributed by atoms with van der Waals surface area (Å²) in [4.78, 5) is 3.91. The fraction of sp³-hybridized carbons (Fsp3) is 0.778. The van der Waals surface area contributed by atoms with Gasteiger partial charge in [-0.25, -0.2) is 4.98 Å². The van der Waals surface area contributed by atoms with E-state index in [1.165, 1.54) is 32.2 Å². The summed E-state index contributed by atoms with van der Waals surface area (Å²) >= 11 is 0. The summed E-state index contributed by atoms with van der Waals surface area (Å²) in [6, 6.07) is 0.753. The van der Waals surface area contributed by atoms with Crippen LogP contribution in [-0.2, 0) is 6.54 Å². The van der Waals surface area contributed by atoms with Crippen molar-refractivity contribution in [3.8, 4) is 0 Å². The van der Waals surface area contributed by atoms with E-state index in [9.17, 15) is 0 Å². The molecule has 4 heteroatoms. The van der Waals surface area contributed by atoms with Gasteiger partial charge in [0, 0.05) is 12.6 Å². The molecule has 1 unspecified atom stereocenters. The van der Waals surface area contributed by atoms with Crippen molar-refractivity contribution >= 4 is 0 Å². The molecule has 0 aliphatic carbocycles. The van der Waals surface area contributed by atoms with E-state index in [-0.39, 0.29) is 0 Å². The van der Waals surface area contributed by atoms with Crippen LogP contribution < -0.4 is 5.32 Å². The normalized spacial score (nSPS) is 22.3. The molecule has 1 aromatic rings. The van der Waals surface area contributed by atoms with Crippen molar-refractivity contribution in [2.45, 2.75) is 38.3 Å². The molecular formula is C9H16N4. The SMILES string of the molecule is c1ncn(CCCC2CCCN2)n1. The van der Waals surface area contributed by atoms with Crippen molar-refractivity contribution in [3.05, 3.63) is 12.7 Å². The maximum absolute atomic E-state index is 4.07. The third-order valence-corrected chi connectivity index (χ3v) is 2.57. The van der Waals surface area contributed by atoms with Crippen molar-refractivity contribution in [1.29, 1.82) is 0 Å². The van der Waals surface area contributed by atoms with Gasteiger partial charge in [0.15, 0.2) is 0 Å². The number of nitrogens with zero attached hydrogens (tertiary/aromatic N) is 3. The van der Waals surface area contributed by atoms with Crippen LogP contribution in [-0.4, -0.2) is 27.4 Å². The van der Waals surface area contributed by atoms with Crippen LogP contribution in [0.1, 0.15) is 25.7 Å². The third kappa shape index (κ3) is 2.52. The Balaban J connectivity index is 1.63. The lowest BCUT2D eigenvalue weighted by Crippen LogP contribution is -2.21. The number of hydrogen-bond donors (Lipinski definition) is 1. The number of aromatic nitrogens is 3. The van der Waals surface area contributed by atoms with Gasteiger partial charge < -0.3 is 5.32 Å². The van der Waals surface area contributed by atoms with Gasteiger partial charge in [-0.05, 0) is 32.2 Å². The van der Waals surface area contributed by atoms with Crippen LogP contribution in [0.2, 0.25) is 0 Å². The minimum absolute atomic E-state index is 0.753. The Morgan fingerprint density at radius 2 is 2.54 bits per heavy atom. The molecule has 0 spiro atoms. The van der Waals surface area contributed by atoms with E-state index in [0.29, 0.717) is 0 Å². The average molecular weight is 180 g/mol. The lowest BCUT2D eigenvalue weighted by molar-refractivity contribution is 0.483. The summed E-state index contributed by atoms with van der Waals surface area (Å²) in [5, 5.41) is 7.56. The lowest BCUT2D eigenvalue weighted by Gasteiger charge is -2.08. The zero-order chi connectivity index (χ0) is 8.93. The Morgan fingerprint density at radius 3 is 3.23 bits per heavy atom. The Labute approximate surface area is 78.4 Å². The molecule has 2 rings (SSSR count). The van der Waals surface area contributed by atoms with Crippen molar-refractivity contribution in [1.82, 2.24) is 20.1 Å². The molecule has 0 aromatic carbocycles. The molecule has 2 heterocycles. The standard InChI is InChI=1S/C9H16N4/c1-3-9(11-5-1)4-2-6-13-8-10-7-12-13/h7-9,11H,1-6H2. The van der Waals surface area contributed by atoms with Gasteiger partial charge in [0.05, 0.1) is 0 Å². The van der Waals surface area contributed by atoms with Crippen LogP contribution >= 0.6 is 0 Å². The summed E-state index contributed by atoms with van der Waals surface area (Å²) in [5.74, 6) is 0. The van der Waals surface area contributed by atoms with Crippen LogP contribution in [0.5, 0.6) is 0 Å². The second-order valence-electron chi connectivity index (χ2n) is 3.59. The Kier molecular flexibility index (Phi) is 2.92. The van der Waals surface area contributed by atoms with E-state index < -0.39 is 0 Å². The lowest BCUT2D eigenvalue weighted by atomic mass is 10.1. The molecule has 1 aliphatic rings. The number of rotatable bonds is 4. The van der Waals surface area contributed by atoms with Crippen molar-refractivity contribution in [2.24, 2.45) is 0 Å². The van der Waals surface area contributed by atoms with Gasteiger partial charge in [0.2, 0.25) is 0 Å². The Hall–Kier alpha value is -0.900. The van der Waals surface area contributed by atoms with Crippen LogP contribution in [0.15, 0.2) is 12.7 Å². The van der Waals surface area contributed by atoms with Crippen LogP contribution in [0.25, 0.3) is 0 Å². The Bertz CT molecular complexity index is 226. The zero-order valence-corrected chi connectivity index (χ0v) is 7.82. The van der Waals surface area contributed by atoms with Gasteiger partial charge in [-0.15, -0.1) is 0 Å². The minimum Gasteiger partial charge on any atom is -0.314 e. The number of aryl methyl sites for hydroxylation is 1. The van der Waals surface area contributed by atoms with Gasteiger partial charge in [0.25, 0.3) is 0 Å². The molecular weight excluding hydrogens is 164 g/mol. The molecule has 0 radical (unpaired) electrons. The molecule has 0 bridgehead atoms. The molecule has 0 saturated carbocycles. The van der Waals surface area contributed by atoms with Crippen LogP contribution in [0.4, 0.5) is 0 Å². The summed E-state index contributed by atoms with van der Waals surface area (Å²) in [6.45, 7) is 2.20. The highest BCUT2D eigenvalue weighted by atomic mass is 15.3. The molecule has 1 aliphatic heterocycles. The predicted molar refractivity (Wildman–Crippen MR) is 50.3 cm³/mol. The van der Waals surface area contributed by atoms with Gasteiger partial charge >= 0.3 is 0 Å². The zero-order valence-electron chi connectivity index (χ0n) is 7.82. The van der Waals surface area contributed by atoms with Crippen molar-refractivity contribution < 1.29 is 0 Å². The highest BCUT2D eigenvalue weighted by Gasteiger charge is 2.12. The van der Waals surface area contributed by atoms with E-state index >= 15 is 0 Å². The molecule has 1 saturated heterocycles. The largest absolute Gasteiger partial charge is 0.314 e. The first kappa shape index (κ1) is 8.69. The predicted octanol–water partition coefficient (Wildman–Crippen LogP) is 0.810. The second kappa shape index (κ2) is 4.37. The number of hydrogen-bond acceptors (Lipinski definition) is 3. The number of nitrogens with one attached hydrogen (secondary N) is 1. The van der Waals surface area contributed by atoms with Crippen LogP contribution in [0, 0.1) is 0 Å². The van der Waals surface area contributed by atoms with Gasteiger partial charge in [-0.2, -0.15) is 5.10 Å². The fourth-order valence-corrected chi connectivity index (χ4v) is 1.85. The molecule has 0 amide bonds. The summed E-state index contributed by atoms with van der Waals surface area (Å²) < 4.78 is 1.90. The molecule has 72 valence electrons. The molecule has 1 atom stereocenters. The van der Waals surface area contributed by atoms with E-state index in [2.05, 4.69) is 15.4 Å². The molecule has 1 aromatic heterocycles. The van der Waals surface area contributed by atoms with Gasteiger partial charge in [-0.1, -0.05) is 0 Å². The smallest absolute Gasteiger partial charge is 0.137 e. The summed E-state index contributed by atoms with van der Waals surface area (Å²) in [5.41, 5.74) is 0. The van der Waals surface area contributed by atoms with Gasteiger partial charge in [-0.3, -0.25) is 4.68 Å². The first-order valence-electron chi connectivity index (χ1n) is 5.01. The highest BCUT2D eigenvalue weighted by molar-refractivity contribution is 4.73. The van der Waals surface area contributed by atoms with Crippen molar-refractivity contribution in [3.63, 3.8) is 0 Å². The first-order valence-corrected chi connectivity index (χ1v) is 5.01. The molecule has 13 heavy (non-hydrogen) atoms. The maximum atomic E-state index is 4.07. The highest BCUT2D eigenvalue weighted by Crippen LogP contribution is 2.10. The van der Waals surface area contributed by atoms with E-state index in [4.69, 9.17) is 0 Å². The fourth-order valence-electron chi connectivity index (χ4n) is 1.85. The molecule has 1 fully saturated rings. The average Bonchev–Trinajstić information content (AvgIpc) is 2.75. The Morgan fingerprint density at radius 1 is 1.54 bits per heavy atom. The topological polar surface area (TPSA) is 42.7 Å². The molecule has 1 N–H and O–H groups in total. The third-order valence-electron chi connectivity index (χ3n) is 2.57. The summed E-state index contributed by atoms with van der Waals surface area (Å²) in [6.07, 6.45) is 8.52. The van der Waals surface area contributed by atoms with Crippen LogP contribution in [0.3, 0.4) is 0 Å². The van der Waals surface area contributed by atoms with E-state index in [0.717, 1.165) is 12.6 Å². The molecule has 4 nitrogen and oxygen atoms in total. The first-order chi connectivity index (χ1) is 6.45. The van der Waals surface area contributed by atoms with E-state index in [1.807, 2.05) is 4.68 Å².